The molecule has 5 nitrogen and oxygen atoms in total. The van der Waals surface area contributed by atoms with Crippen molar-refractivity contribution in [3.8, 4) is 6.07 Å². The predicted octanol–water partition coefficient (Wildman–Crippen LogP) is 1.16. The molecule has 0 fully saturated rings. The number of thiophene rings is 1. The fourth-order valence-electron chi connectivity index (χ4n) is 0.991. The van der Waals surface area contributed by atoms with Crippen molar-refractivity contribution in [3.05, 3.63) is 27.5 Å². The summed E-state index contributed by atoms with van der Waals surface area (Å²) < 4.78 is 0. The highest BCUT2D eigenvalue weighted by molar-refractivity contribution is 7.11. The first-order valence-corrected chi connectivity index (χ1v) is 5.19. The smallest absolute Gasteiger partial charge is 0.319 e. The summed E-state index contributed by atoms with van der Waals surface area (Å²) in [7, 11) is 0. The lowest BCUT2D eigenvalue weighted by Gasteiger charge is -1.98. The van der Waals surface area contributed by atoms with Crippen molar-refractivity contribution < 1.29 is 9.59 Å². The van der Waals surface area contributed by atoms with E-state index in [9.17, 15) is 9.59 Å². The number of carbonyl (C=O) groups is 2. The lowest BCUT2D eigenvalue weighted by Crippen LogP contribution is -2.35. The molecule has 1 rings (SSSR count). The first-order valence-electron chi connectivity index (χ1n) is 4.31. The Labute approximate surface area is 96.2 Å². The third-order valence-corrected chi connectivity index (χ3v) is 2.74. The van der Waals surface area contributed by atoms with Crippen LogP contribution in [0.5, 0.6) is 0 Å². The van der Waals surface area contributed by atoms with Crippen LogP contribution >= 0.6 is 11.3 Å². The van der Waals surface area contributed by atoms with Gasteiger partial charge in [0.2, 0.25) is 0 Å². The van der Waals surface area contributed by atoms with E-state index in [1.165, 1.54) is 17.4 Å². The van der Waals surface area contributed by atoms with E-state index in [4.69, 9.17) is 11.0 Å². The van der Waals surface area contributed by atoms with Crippen molar-refractivity contribution in [2.75, 3.05) is 0 Å². The molecule has 3 N–H and O–H groups in total. The molecule has 16 heavy (non-hydrogen) atoms. The minimum absolute atomic E-state index is 0.149. The first-order chi connectivity index (χ1) is 7.54. The fraction of sp³-hybridized carbons (Fsp3) is 0.100. The van der Waals surface area contributed by atoms with Crippen molar-refractivity contribution >= 4 is 29.4 Å². The Balaban J connectivity index is 2.96. The molecular formula is C10H9N3O2S. The summed E-state index contributed by atoms with van der Waals surface area (Å²) in [5.41, 5.74) is 5.60. The second-order valence-electron chi connectivity index (χ2n) is 2.96. The van der Waals surface area contributed by atoms with Gasteiger partial charge in [0.25, 0.3) is 5.91 Å². The number of nitrogens with two attached hydrogens (primary N) is 1. The topological polar surface area (TPSA) is 96.0 Å². The van der Waals surface area contributed by atoms with Gasteiger partial charge in [-0.15, -0.1) is 11.3 Å². The van der Waals surface area contributed by atoms with Gasteiger partial charge in [-0.05, 0) is 30.0 Å². The van der Waals surface area contributed by atoms with Crippen molar-refractivity contribution in [2.45, 2.75) is 6.92 Å². The number of nitriles is 1. The van der Waals surface area contributed by atoms with Gasteiger partial charge in [0.1, 0.15) is 11.6 Å². The third kappa shape index (κ3) is 2.93. The lowest BCUT2D eigenvalue weighted by atomic mass is 10.2. The molecule has 0 spiro atoms. The molecule has 0 aliphatic carbocycles. The van der Waals surface area contributed by atoms with Gasteiger partial charge in [0.05, 0.1) is 0 Å². The van der Waals surface area contributed by atoms with E-state index in [1.54, 1.807) is 6.07 Å². The molecule has 0 bridgehead atoms. The maximum atomic E-state index is 11.3. The first kappa shape index (κ1) is 11.9. The summed E-state index contributed by atoms with van der Waals surface area (Å²) >= 11 is 1.41. The van der Waals surface area contributed by atoms with Gasteiger partial charge in [0, 0.05) is 4.88 Å². The number of hydrogen-bond acceptors (Lipinski definition) is 4. The van der Waals surface area contributed by atoms with Gasteiger partial charge >= 0.3 is 6.03 Å². The van der Waals surface area contributed by atoms with Gasteiger partial charge in [-0.1, -0.05) is 0 Å². The van der Waals surface area contributed by atoms with Crippen LogP contribution in [0, 0.1) is 18.3 Å². The molecular weight excluding hydrogens is 226 g/mol. The van der Waals surface area contributed by atoms with Gasteiger partial charge in [-0.3, -0.25) is 10.1 Å². The highest BCUT2D eigenvalue weighted by Crippen LogP contribution is 2.18. The maximum Gasteiger partial charge on any atom is 0.319 e. The molecule has 0 saturated carbocycles. The van der Waals surface area contributed by atoms with Gasteiger partial charge in [-0.2, -0.15) is 5.26 Å². The van der Waals surface area contributed by atoms with Crippen LogP contribution in [0.3, 0.4) is 0 Å². The summed E-state index contributed by atoms with van der Waals surface area (Å²) in [6.07, 6.45) is 1.43. The van der Waals surface area contributed by atoms with E-state index in [1.807, 2.05) is 23.7 Å². The number of amides is 3. The number of primary amides is 1. The Kier molecular flexibility index (Phi) is 3.80. The summed E-state index contributed by atoms with van der Waals surface area (Å²) in [4.78, 5) is 22.6. The zero-order valence-electron chi connectivity index (χ0n) is 8.48. The minimum Gasteiger partial charge on any atom is -0.351 e. The quantitative estimate of drug-likeness (QED) is 0.594. The van der Waals surface area contributed by atoms with Crippen molar-refractivity contribution in [1.29, 1.82) is 5.26 Å². The van der Waals surface area contributed by atoms with Crippen LogP contribution in [0.4, 0.5) is 4.79 Å². The number of hydrogen-bond donors (Lipinski definition) is 2. The average Bonchev–Trinajstić information content (AvgIpc) is 2.59. The van der Waals surface area contributed by atoms with Crippen molar-refractivity contribution in [2.24, 2.45) is 5.73 Å². The molecule has 3 amide bonds. The van der Waals surface area contributed by atoms with Crippen LogP contribution in [0.1, 0.15) is 10.4 Å². The van der Waals surface area contributed by atoms with E-state index < -0.39 is 11.9 Å². The number of rotatable bonds is 2. The molecule has 0 saturated heterocycles. The zero-order chi connectivity index (χ0) is 12.1. The highest BCUT2D eigenvalue weighted by Gasteiger charge is 2.11. The number of nitrogens with zero attached hydrogens (tertiary/aromatic N) is 1. The normalized spacial score (nSPS) is 10.6. The standard InChI is InChI=1S/C10H9N3O2S/c1-6-2-3-16-8(6)4-7(5-11)9(14)13-10(12)15/h2-4H,1H3,(H3,12,13,14,15)/b7-4-. The van der Waals surface area contributed by atoms with Crippen LogP contribution < -0.4 is 11.1 Å². The van der Waals surface area contributed by atoms with Gasteiger partial charge in [-0.25, -0.2) is 4.79 Å². The Morgan fingerprint density at radius 1 is 1.62 bits per heavy atom. The molecule has 82 valence electrons. The van der Waals surface area contributed by atoms with Crippen LogP contribution in [-0.4, -0.2) is 11.9 Å². The second-order valence-corrected chi connectivity index (χ2v) is 3.90. The minimum atomic E-state index is -0.978. The number of imide groups is 1. The molecule has 0 atom stereocenters. The predicted molar refractivity (Wildman–Crippen MR) is 60.4 cm³/mol. The number of nitrogens with one attached hydrogen (secondary N) is 1. The number of aryl methyl sites for hydroxylation is 1. The highest BCUT2D eigenvalue weighted by atomic mass is 32.1. The van der Waals surface area contributed by atoms with Crippen LogP contribution in [-0.2, 0) is 4.79 Å². The summed E-state index contributed by atoms with van der Waals surface area (Å²) in [5.74, 6) is -0.789. The van der Waals surface area contributed by atoms with Crippen molar-refractivity contribution in [1.82, 2.24) is 5.32 Å². The van der Waals surface area contributed by atoms with Crippen LogP contribution in [0.15, 0.2) is 17.0 Å². The molecule has 0 unspecified atom stereocenters. The molecule has 0 radical (unpaired) electrons. The maximum absolute atomic E-state index is 11.3. The largest absolute Gasteiger partial charge is 0.351 e. The Morgan fingerprint density at radius 3 is 2.75 bits per heavy atom. The Morgan fingerprint density at radius 2 is 2.31 bits per heavy atom. The van der Waals surface area contributed by atoms with E-state index in [0.29, 0.717) is 0 Å². The van der Waals surface area contributed by atoms with Crippen molar-refractivity contribution in [3.63, 3.8) is 0 Å². The third-order valence-electron chi connectivity index (χ3n) is 1.78. The van der Waals surface area contributed by atoms with Crippen LogP contribution in [0.2, 0.25) is 0 Å². The zero-order valence-corrected chi connectivity index (χ0v) is 9.30. The number of carbonyl (C=O) groups excluding carboxylic acids is 2. The monoisotopic (exact) mass is 235 g/mol. The van der Waals surface area contributed by atoms with Gasteiger partial charge in [0.15, 0.2) is 0 Å². The molecule has 0 aromatic carbocycles. The summed E-state index contributed by atoms with van der Waals surface area (Å²) in [6, 6.07) is 2.62. The average molecular weight is 235 g/mol. The molecule has 0 aliphatic rings. The van der Waals surface area contributed by atoms with E-state index >= 15 is 0 Å². The lowest BCUT2D eigenvalue weighted by molar-refractivity contribution is -0.115. The summed E-state index contributed by atoms with van der Waals surface area (Å²) in [6.45, 7) is 1.86. The van der Waals surface area contributed by atoms with E-state index in [2.05, 4.69) is 0 Å². The Bertz CT molecular complexity index is 496. The molecule has 1 aromatic heterocycles. The molecule has 1 aromatic rings. The second kappa shape index (κ2) is 5.09. The molecule has 0 aliphatic heterocycles. The Hall–Kier alpha value is -2.13. The SMILES string of the molecule is Cc1ccsc1/C=C(/C#N)C(=O)NC(N)=O. The molecule has 1 heterocycles. The number of urea groups is 1. The molecule has 6 heteroatoms. The fourth-order valence-corrected chi connectivity index (χ4v) is 1.85. The van der Waals surface area contributed by atoms with Crippen LogP contribution in [0.25, 0.3) is 6.08 Å². The van der Waals surface area contributed by atoms with E-state index in [0.717, 1.165) is 10.4 Å². The van der Waals surface area contributed by atoms with E-state index in [-0.39, 0.29) is 5.57 Å². The van der Waals surface area contributed by atoms with Gasteiger partial charge < -0.3 is 5.73 Å². The summed E-state index contributed by atoms with van der Waals surface area (Å²) in [5, 5.41) is 12.5.